The predicted molar refractivity (Wildman–Crippen MR) is 138 cm³/mol. The number of aryl methyl sites for hydroxylation is 3. The lowest BCUT2D eigenvalue weighted by Gasteiger charge is -2.26. The first kappa shape index (κ1) is 24.5. The van der Waals surface area contributed by atoms with Gasteiger partial charge in [0.25, 0.3) is 10.0 Å². The highest BCUT2D eigenvalue weighted by Crippen LogP contribution is 2.30. The van der Waals surface area contributed by atoms with E-state index in [4.69, 9.17) is 0 Å². The van der Waals surface area contributed by atoms with Gasteiger partial charge < -0.3 is 10.2 Å². The first-order chi connectivity index (χ1) is 16.7. The Balaban J connectivity index is 1.64. The lowest BCUT2D eigenvalue weighted by Crippen LogP contribution is -2.38. The van der Waals surface area contributed by atoms with E-state index in [9.17, 15) is 18.0 Å². The van der Waals surface area contributed by atoms with Gasteiger partial charge in [0.05, 0.1) is 10.6 Å². The molecule has 0 aliphatic carbocycles. The summed E-state index contributed by atoms with van der Waals surface area (Å²) in [5.74, 6) is -0.418. The minimum absolute atomic E-state index is 0.0616. The van der Waals surface area contributed by atoms with Crippen molar-refractivity contribution in [1.29, 1.82) is 0 Å². The van der Waals surface area contributed by atoms with Gasteiger partial charge in [-0.25, -0.2) is 8.42 Å². The van der Waals surface area contributed by atoms with Crippen molar-refractivity contribution >= 4 is 38.9 Å². The summed E-state index contributed by atoms with van der Waals surface area (Å²) in [4.78, 5) is 27.2. The standard InChI is InChI=1S/C27H29N3O4S/c1-19-11-14-24(21(3)16-19)30(35(33,34)23-8-5-4-6-9-23)18-26(31)28-22-13-12-20(2)25(17-22)29-15-7-10-27(29)32/h4-6,8-9,11-14,16-17H,7,10,15,18H2,1-3H3,(H,28,31). The fraction of sp³-hybridized carbons (Fsp3) is 0.259. The molecular formula is C27H29N3O4S. The summed E-state index contributed by atoms with van der Waals surface area (Å²) in [6, 6.07) is 18.9. The molecule has 1 heterocycles. The molecule has 1 fully saturated rings. The highest BCUT2D eigenvalue weighted by atomic mass is 32.2. The topological polar surface area (TPSA) is 86.8 Å². The minimum atomic E-state index is -3.99. The quantitative estimate of drug-likeness (QED) is 0.524. The van der Waals surface area contributed by atoms with Gasteiger partial charge >= 0.3 is 0 Å². The van der Waals surface area contributed by atoms with E-state index < -0.39 is 22.5 Å². The summed E-state index contributed by atoms with van der Waals surface area (Å²) in [7, 11) is -3.99. The molecule has 7 nitrogen and oxygen atoms in total. The molecule has 8 heteroatoms. The summed E-state index contributed by atoms with van der Waals surface area (Å²) in [6.07, 6.45) is 1.31. The van der Waals surface area contributed by atoms with E-state index in [0.29, 0.717) is 24.3 Å². The van der Waals surface area contributed by atoms with Crippen LogP contribution in [0, 0.1) is 20.8 Å². The van der Waals surface area contributed by atoms with Gasteiger partial charge in [0.2, 0.25) is 11.8 Å². The van der Waals surface area contributed by atoms with Crippen LogP contribution in [-0.2, 0) is 19.6 Å². The van der Waals surface area contributed by atoms with Gasteiger partial charge in [0.1, 0.15) is 6.54 Å². The number of rotatable bonds is 7. The number of sulfonamides is 1. The van der Waals surface area contributed by atoms with E-state index in [1.165, 1.54) is 12.1 Å². The molecule has 182 valence electrons. The zero-order valence-corrected chi connectivity index (χ0v) is 20.9. The number of amides is 2. The first-order valence-corrected chi connectivity index (χ1v) is 13.0. The molecule has 0 saturated carbocycles. The molecular weight excluding hydrogens is 462 g/mol. The minimum Gasteiger partial charge on any atom is -0.324 e. The molecule has 0 aromatic heterocycles. The zero-order valence-electron chi connectivity index (χ0n) is 20.1. The second-order valence-electron chi connectivity index (χ2n) is 8.81. The fourth-order valence-electron chi connectivity index (χ4n) is 4.32. The molecule has 0 atom stereocenters. The van der Waals surface area contributed by atoms with Crippen molar-refractivity contribution in [2.24, 2.45) is 0 Å². The Labute approximate surface area is 206 Å². The smallest absolute Gasteiger partial charge is 0.264 e. The Hall–Kier alpha value is -3.65. The number of carbonyl (C=O) groups excluding carboxylic acids is 2. The SMILES string of the molecule is Cc1ccc(N(CC(=O)Nc2ccc(C)c(N3CCCC3=O)c2)S(=O)(=O)c2ccccc2)c(C)c1. The molecule has 1 aliphatic rings. The van der Waals surface area contributed by atoms with Crippen LogP contribution < -0.4 is 14.5 Å². The van der Waals surface area contributed by atoms with E-state index in [1.807, 2.05) is 39.0 Å². The average molecular weight is 492 g/mol. The Morgan fingerprint density at radius 1 is 0.971 bits per heavy atom. The van der Waals surface area contributed by atoms with Crippen molar-refractivity contribution < 1.29 is 18.0 Å². The third-order valence-corrected chi connectivity index (χ3v) is 7.87. The second-order valence-corrected chi connectivity index (χ2v) is 10.7. The maximum atomic E-state index is 13.6. The van der Waals surface area contributed by atoms with Crippen molar-refractivity contribution in [1.82, 2.24) is 0 Å². The molecule has 1 saturated heterocycles. The second kappa shape index (κ2) is 9.92. The fourth-order valence-corrected chi connectivity index (χ4v) is 5.82. The summed E-state index contributed by atoms with van der Waals surface area (Å²) < 4.78 is 28.3. The molecule has 3 aromatic rings. The summed E-state index contributed by atoms with van der Waals surface area (Å²) in [6.45, 7) is 5.92. The van der Waals surface area contributed by atoms with E-state index >= 15 is 0 Å². The lowest BCUT2D eigenvalue weighted by atomic mass is 10.1. The molecule has 2 amide bonds. The first-order valence-electron chi connectivity index (χ1n) is 11.5. The summed E-state index contributed by atoms with van der Waals surface area (Å²) >= 11 is 0. The Kier molecular flexibility index (Phi) is 6.93. The number of hydrogen-bond donors (Lipinski definition) is 1. The van der Waals surface area contributed by atoms with Gasteiger partial charge in [-0.2, -0.15) is 0 Å². The van der Waals surface area contributed by atoms with Crippen LogP contribution in [0.15, 0.2) is 71.6 Å². The van der Waals surface area contributed by atoms with E-state index in [0.717, 1.165) is 33.1 Å². The molecule has 0 bridgehead atoms. The molecule has 0 spiro atoms. The van der Waals surface area contributed by atoms with Gasteiger partial charge in [0.15, 0.2) is 0 Å². The summed E-state index contributed by atoms with van der Waals surface area (Å²) in [5.41, 5.74) is 4.39. The third kappa shape index (κ3) is 5.22. The number of nitrogens with zero attached hydrogens (tertiary/aromatic N) is 2. The predicted octanol–water partition coefficient (Wildman–Crippen LogP) is 4.57. The number of hydrogen-bond acceptors (Lipinski definition) is 4. The number of carbonyl (C=O) groups is 2. The van der Waals surface area contributed by atoms with Crippen LogP contribution in [0.4, 0.5) is 17.1 Å². The van der Waals surface area contributed by atoms with Crippen LogP contribution >= 0.6 is 0 Å². The molecule has 0 radical (unpaired) electrons. The molecule has 0 unspecified atom stereocenters. The molecule has 1 aliphatic heterocycles. The van der Waals surface area contributed by atoms with E-state index in [1.54, 1.807) is 41.3 Å². The lowest BCUT2D eigenvalue weighted by molar-refractivity contribution is -0.117. The summed E-state index contributed by atoms with van der Waals surface area (Å²) in [5, 5.41) is 2.82. The highest BCUT2D eigenvalue weighted by molar-refractivity contribution is 7.92. The van der Waals surface area contributed by atoms with Gasteiger partial charge in [-0.05, 0) is 68.7 Å². The third-order valence-electron chi connectivity index (χ3n) is 6.10. The van der Waals surface area contributed by atoms with Crippen molar-refractivity contribution in [2.75, 3.05) is 27.6 Å². The van der Waals surface area contributed by atoms with Gasteiger partial charge in [0, 0.05) is 24.3 Å². The van der Waals surface area contributed by atoms with Crippen LogP contribution in [-0.4, -0.2) is 33.3 Å². The van der Waals surface area contributed by atoms with Gasteiger partial charge in [-0.3, -0.25) is 13.9 Å². The maximum Gasteiger partial charge on any atom is 0.264 e. The van der Waals surface area contributed by atoms with E-state index in [2.05, 4.69) is 5.32 Å². The van der Waals surface area contributed by atoms with Crippen LogP contribution in [0.5, 0.6) is 0 Å². The average Bonchev–Trinajstić information content (AvgIpc) is 3.25. The molecule has 1 N–H and O–H groups in total. The largest absolute Gasteiger partial charge is 0.324 e. The Bertz CT molecular complexity index is 1370. The van der Waals surface area contributed by atoms with Crippen LogP contribution in [0.1, 0.15) is 29.5 Å². The van der Waals surface area contributed by atoms with Crippen molar-refractivity contribution in [3.63, 3.8) is 0 Å². The van der Waals surface area contributed by atoms with Crippen molar-refractivity contribution in [3.05, 3.63) is 83.4 Å². The highest BCUT2D eigenvalue weighted by Gasteiger charge is 2.29. The van der Waals surface area contributed by atoms with E-state index in [-0.39, 0.29) is 10.8 Å². The maximum absolute atomic E-state index is 13.6. The van der Waals surface area contributed by atoms with Crippen LogP contribution in [0.2, 0.25) is 0 Å². The monoisotopic (exact) mass is 491 g/mol. The molecule has 3 aromatic carbocycles. The number of nitrogens with one attached hydrogen (secondary N) is 1. The van der Waals surface area contributed by atoms with Crippen LogP contribution in [0.25, 0.3) is 0 Å². The number of anilines is 3. The molecule has 4 rings (SSSR count). The normalized spacial score (nSPS) is 13.7. The Morgan fingerprint density at radius 3 is 2.37 bits per heavy atom. The molecule has 35 heavy (non-hydrogen) atoms. The van der Waals surface area contributed by atoms with Gasteiger partial charge in [-0.15, -0.1) is 0 Å². The van der Waals surface area contributed by atoms with Gasteiger partial charge in [-0.1, -0.05) is 42.0 Å². The zero-order chi connectivity index (χ0) is 25.2. The van der Waals surface area contributed by atoms with Crippen LogP contribution in [0.3, 0.4) is 0 Å². The van der Waals surface area contributed by atoms with Crippen molar-refractivity contribution in [3.8, 4) is 0 Å². The van der Waals surface area contributed by atoms with Crippen molar-refractivity contribution in [2.45, 2.75) is 38.5 Å². The Morgan fingerprint density at radius 2 is 1.71 bits per heavy atom. The number of benzene rings is 3.